The second kappa shape index (κ2) is 7.04. The number of carbonyl (C=O) groups is 1. The zero-order chi connectivity index (χ0) is 17.2. The first kappa shape index (κ1) is 16.4. The van der Waals surface area contributed by atoms with Crippen LogP contribution in [0.1, 0.15) is 27.6 Å². The number of thiazole rings is 1. The molecule has 2 aromatic rings. The van der Waals surface area contributed by atoms with Crippen LogP contribution in [0.4, 0.5) is 0 Å². The Morgan fingerprint density at radius 3 is 3.20 bits per heavy atom. The SMILES string of the molecule is COc1cccc2c1OC[C@@H](C(=O)NCCc1nc3c(s1)CCC3)C2. The highest BCUT2D eigenvalue weighted by Gasteiger charge is 2.27. The molecule has 0 radical (unpaired) electrons. The highest BCUT2D eigenvalue weighted by Crippen LogP contribution is 2.36. The van der Waals surface area contributed by atoms with Crippen molar-refractivity contribution in [1.82, 2.24) is 10.3 Å². The molecule has 1 aliphatic heterocycles. The number of nitrogens with one attached hydrogen (secondary N) is 1. The van der Waals surface area contributed by atoms with Crippen LogP contribution >= 0.6 is 11.3 Å². The molecule has 1 amide bonds. The average molecular weight is 358 g/mol. The molecule has 0 fully saturated rings. The van der Waals surface area contributed by atoms with Gasteiger partial charge in [-0.05, 0) is 37.3 Å². The summed E-state index contributed by atoms with van der Waals surface area (Å²) in [5.74, 6) is 1.40. The lowest BCUT2D eigenvalue weighted by molar-refractivity contribution is -0.126. The Hall–Kier alpha value is -2.08. The van der Waals surface area contributed by atoms with Crippen LogP contribution in [0.25, 0.3) is 0 Å². The summed E-state index contributed by atoms with van der Waals surface area (Å²) in [5.41, 5.74) is 2.31. The summed E-state index contributed by atoms with van der Waals surface area (Å²) in [4.78, 5) is 18.6. The summed E-state index contributed by atoms with van der Waals surface area (Å²) in [6.07, 6.45) is 5.01. The standard InChI is InChI=1S/C19H22N2O3S/c1-23-15-6-2-4-12-10-13(11-24-18(12)15)19(22)20-9-8-17-21-14-5-3-7-16(14)25-17/h2,4,6,13H,3,5,7-11H2,1H3,(H,20,22)/t13-/m0/s1. The maximum Gasteiger partial charge on any atom is 0.226 e. The van der Waals surface area contributed by atoms with Gasteiger partial charge in [0.1, 0.15) is 6.61 Å². The summed E-state index contributed by atoms with van der Waals surface area (Å²) >= 11 is 1.80. The minimum atomic E-state index is -0.152. The third-order valence-electron chi connectivity index (χ3n) is 4.82. The molecule has 1 N–H and O–H groups in total. The minimum Gasteiger partial charge on any atom is -0.493 e. The van der Waals surface area contributed by atoms with Crippen LogP contribution in [-0.4, -0.2) is 31.2 Å². The lowest BCUT2D eigenvalue weighted by atomic mass is 9.95. The Morgan fingerprint density at radius 1 is 1.44 bits per heavy atom. The van der Waals surface area contributed by atoms with Crippen molar-refractivity contribution in [2.24, 2.45) is 5.92 Å². The van der Waals surface area contributed by atoms with Gasteiger partial charge >= 0.3 is 0 Å². The molecule has 1 atom stereocenters. The van der Waals surface area contributed by atoms with E-state index in [-0.39, 0.29) is 11.8 Å². The summed E-state index contributed by atoms with van der Waals surface area (Å²) in [5, 5.41) is 4.18. The van der Waals surface area contributed by atoms with Gasteiger partial charge in [0, 0.05) is 17.8 Å². The number of para-hydroxylation sites is 1. The Labute approximate surface area is 151 Å². The van der Waals surface area contributed by atoms with E-state index in [0.29, 0.717) is 19.6 Å². The maximum absolute atomic E-state index is 12.5. The molecular weight excluding hydrogens is 336 g/mol. The monoisotopic (exact) mass is 358 g/mol. The number of amides is 1. The zero-order valence-corrected chi connectivity index (χ0v) is 15.2. The highest BCUT2D eigenvalue weighted by molar-refractivity contribution is 7.11. The maximum atomic E-state index is 12.5. The number of hydrogen-bond acceptors (Lipinski definition) is 5. The Balaban J connectivity index is 1.31. The van der Waals surface area contributed by atoms with Crippen LogP contribution in [0.15, 0.2) is 18.2 Å². The quantitative estimate of drug-likeness (QED) is 0.892. The first-order chi connectivity index (χ1) is 12.2. The van der Waals surface area contributed by atoms with Gasteiger partial charge in [0.25, 0.3) is 0 Å². The van der Waals surface area contributed by atoms with E-state index in [2.05, 4.69) is 10.3 Å². The lowest BCUT2D eigenvalue weighted by Gasteiger charge is -2.25. The molecule has 0 saturated heterocycles. The topological polar surface area (TPSA) is 60.5 Å². The molecule has 0 unspecified atom stereocenters. The van der Waals surface area contributed by atoms with Gasteiger partial charge < -0.3 is 14.8 Å². The summed E-state index contributed by atoms with van der Waals surface area (Å²) in [7, 11) is 1.63. The van der Waals surface area contributed by atoms with Crippen molar-refractivity contribution in [1.29, 1.82) is 0 Å². The third kappa shape index (κ3) is 3.35. The predicted octanol–water partition coefficient (Wildman–Crippen LogP) is 2.55. The van der Waals surface area contributed by atoms with Crippen molar-refractivity contribution >= 4 is 17.2 Å². The first-order valence-corrected chi connectivity index (χ1v) is 9.60. The number of nitrogens with zero attached hydrogens (tertiary/aromatic N) is 1. The van der Waals surface area contributed by atoms with Gasteiger partial charge in [0.05, 0.1) is 23.7 Å². The predicted molar refractivity (Wildman–Crippen MR) is 96.5 cm³/mol. The van der Waals surface area contributed by atoms with Crippen LogP contribution in [-0.2, 0) is 30.5 Å². The molecule has 1 aromatic heterocycles. The van der Waals surface area contributed by atoms with E-state index < -0.39 is 0 Å². The normalized spacial score (nSPS) is 18.2. The third-order valence-corrected chi connectivity index (χ3v) is 6.04. The van der Waals surface area contributed by atoms with E-state index in [1.165, 1.54) is 23.4 Å². The largest absolute Gasteiger partial charge is 0.493 e. The molecule has 1 aliphatic carbocycles. The number of rotatable bonds is 5. The number of fused-ring (bicyclic) bond motifs is 2. The van der Waals surface area contributed by atoms with E-state index in [1.807, 2.05) is 18.2 Å². The van der Waals surface area contributed by atoms with Crippen LogP contribution in [0.3, 0.4) is 0 Å². The number of aryl methyl sites for hydroxylation is 2. The van der Waals surface area contributed by atoms with Crippen molar-refractivity contribution in [2.75, 3.05) is 20.3 Å². The molecule has 0 spiro atoms. The fourth-order valence-corrected chi connectivity index (χ4v) is 4.67. The van der Waals surface area contributed by atoms with E-state index in [1.54, 1.807) is 18.4 Å². The Morgan fingerprint density at radius 2 is 2.36 bits per heavy atom. The van der Waals surface area contributed by atoms with Crippen molar-refractivity contribution in [3.63, 3.8) is 0 Å². The van der Waals surface area contributed by atoms with Gasteiger partial charge in [0.2, 0.25) is 5.91 Å². The lowest BCUT2D eigenvalue weighted by Crippen LogP contribution is -2.38. The molecule has 0 saturated carbocycles. The molecule has 1 aromatic carbocycles. The van der Waals surface area contributed by atoms with Crippen LogP contribution in [0.5, 0.6) is 11.5 Å². The molecular formula is C19H22N2O3S. The van der Waals surface area contributed by atoms with Gasteiger partial charge in [-0.2, -0.15) is 0 Å². The molecule has 2 aliphatic rings. The zero-order valence-electron chi connectivity index (χ0n) is 14.3. The molecule has 2 heterocycles. The highest BCUT2D eigenvalue weighted by atomic mass is 32.1. The van der Waals surface area contributed by atoms with Crippen LogP contribution in [0, 0.1) is 5.92 Å². The molecule has 4 rings (SSSR count). The van der Waals surface area contributed by atoms with Gasteiger partial charge in [-0.15, -0.1) is 11.3 Å². The summed E-state index contributed by atoms with van der Waals surface area (Å²) in [6.45, 7) is 1.03. The molecule has 6 heteroatoms. The number of aromatic nitrogens is 1. The van der Waals surface area contributed by atoms with E-state index in [9.17, 15) is 4.79 Å². The molecule has 25 heavy (non-hydrogen) atoms. The van der Waals surface area contributed by atoms with Crippen molar-refractivity contribution < 1.29 is 14.3 Å². The molecule has 5 nitrogen and oxygen atoms in total. The van der Waals surface area contributed by atoms with Gasteiger partial charge in [-0.3, -0.25) is 4.79 Å². The minimum absolute atomic E-state index is 0.0533. The second-order valence-corrected chi connectivity index (χ2v) is 7.70. The fourth-order valence-electron chi connectivity index (χ4n) is 3.51. The van der Waals surface area contributed by atoms with Gasteiger partial charge in [0.15, 0.2) is 11.5 Å². The van der Waals surface area contributed by atoms with Crippen molar-refractivity contribution in [2.45, 2.75) is 32.1 Å². The summed E-state index contributed by atoms with van der Waals surface area (Å²) < 4.78 is 11.1. The Bertz CT molecular complexity index is 765. The average Bonchev–Trinajstić information content (AvgIpc) is 3.22. The first-order valence-electron chi connectivity index (χ1n) is 8.78. The van der Waals surface area contributed by atoms with Crippen LogP contribution in [0.2, 0.25) is 0 Å². The van der Waals surface area contributed by atoms with Gasteiger partial charge in [-0.25, -0.2) is 4.98 Å². The van der Waals surface area contributed by atoms with E-state index >= 15 is 0 Å². The number of ether oxygens (including phenoxy) is 2. The van der Waals surface area contributed by atoms with Crippen molar-refractivity contribution in [3.8, 4) is 11.5 Å². The van der Waals surface area contributed by atoms with E-state index in [0.717, 1.165) is 34.9 Å². The molecule has 0 bridgehead atoms. The number of benzene rings is 1. The second-order valence-electron chi connectivity index (χ2n) is 6.53. The number of methoxy groups -OCH3 is 1. The number of hydrogen-bond donors (Lipinski definition) is 1. The fraction of sp³-hybridized carbons (Fsp3) is 0.474. The summed E-state index contributed by atoms with van der Waals surface area (Å²) in [6, 6.07) is 5.81. The Kier molecular flexibility index (Phi) is 4.61. The van der Waals surface area contributed by atoms with Gasteiger partial charge in [-0.1, -0.05) is 12.1 Å². The number of carbonyl (C=O) groups excluding carboxylic acids is 1. The molecule has 132 valence electrons. The van der Waals surface area contributed by atoms with E-state index in [4.69, 9.17) is 9.47 Å². The van der Waals surface area contributed by atoms with Crippen LogP contribution < -0.4 is 14.8 Å². The smallest absolute Gasteiger partial charge is 0.226 e. The van der Waals surface area contributed by atoms with Crippen molar-refractivity contribution in [3.05, 3.63) is 39.3 Å².